The summed E-state index contributed by atoms with van der Waals surface area (Å²) in [6.07, 6.45) is 6.59. The number of nitrogens with one attached hydrogen (secondary N) is 1. The van der Waals surface area contributed by atoms with E-state index < -0.39 is 0 Å². The normalized spacial score (nSPS) is 18.6. The van der Waals surface area contributed by atoms with Crippen LogP contribution in [0, 0.1) is 5.41 Å². The maximum atomic E-state index is 5.83. The number of hydrogen-bond donors (Lipinski definition) is 2. The van der Waals surface area contributed by atoms with E-state index in [-0.39, 0.29) is 0 Å². The fourth-order valence-electron chi connectivity index (χ4n) is 2.22. The Balaban J connectivity index is 2.02. The molecule has 1 aromatic rings. The van der Waals surface area contributed by atoms with Crippen LogP contribution in [0.4, 0.5) is 11.5 Å². The van der Waals surface area contributed by atoms with Gasteiger partial charge in [-0.05, 0) is 18.3 Å². The van der Waals surface area contributed by atoms with Crippen LogP contribution in [-0.2, 0) is 0 Å². The second-order valence-corrected chi connectivity index (χ2v) is 5.16. The highest BCUT2D eigenvalue weighted by atomic mass is 35.5. The summed E-state index contributed by atoms with van der Waals surface area (Å²) in [5.41, 5.74) is 6.59. The third-order valence-corrected chi connectivity index (χ3v) is 3.63. The topological polar surface area (TPSA) is 63.8 Å². The number of anilines is 2. The van der Waals surface area contributed by atoms with Crippen LogP contribution >= 0.6 is 11.6 Å². The molecule has 1 heterocycles. The molecular weight excluding hydrogens is 224 g/mol. The first-order valence-electron chi connectivity index (χ1n) is 5.61. The zero-order valence-corrected chi connectivity index (χ0v) is 10.2. The largest absolute Gasteiger partial charge is 0.393 e. The number of nitrogens with zero attached hydrogens (tertiary/aromatic N) is 2. The monoisotopic (exact) mass is 240 g/mol. The Bertz CT molecular complexity index is 374. The van der Waals surface area contributed by atoms with Crippen LogP contribution in [0.3, 0.4) is 0 Å². The molecule has 0 aromatic carbocycles. The molecule has 1 aliphatic carbocycles. The lowest BCUT2D eigenvalue weighted by Gasteiger charge is -2.24. The number of nitrogens with two attached hydrogens (primary N) is 1. The predicted molar refractivity (Wildman–Crippen MR) is 66.5 cm³/mol. The number of aromatic nitrogens is 2. The van der Waals surface area contributed by atoms with Crippen LogP contribution in [0.2, 0.25) is 5.15 Å². The van der Waals surface area contributed by atoms with E-state index >= 15 is 0 Å². The van der Waals surface area contributed by atoms with Crippen molar-refractivity contribution in [3.8, 4) is 0 Å². The molecule has 0 aliphatic heterocycles. The Labute approximate surface area is 101 Å². The van der Waals surface area contributed by atoms with E-state index in [0.29, 0.717) is 22.1 Å². The number of halogens is 1. The smallest absolute Gasteiger partial charge is 0.157 e. The standard InChI is InChI=1S/C11H17ClN4/c1-11(4-2-3-5-11)6-14-10-8(13)9(12)15-7-16-10/h7H,2-6,13H2,1H3,(H,14,15,16). The zero-order chi connectivity index (χ0) is 11.6. The van der Waals surface area contributed by atoms with Gasteiger partial charge in [-0.25, -0.2) is 9.97 Å². The van der Waals surface area contributed by atoms with E-state index in [1.165, 1.54) is 32.0 Å². The molecule has 88 valence electrons. The minimum Gasteiger partial charge on any atom is -0.393 e. The Morgan fingerprint density at radius 3 is 2.81 bits per heavy atom. The van der Waals surface area contributed by atoms with Gasteiger partial charge in [0.25, 0.3) is 0 Å². The molecule has 0 bridgehead atoms. The molecule has 0 saturated heterocycles. The summed E-state index contributed by atoms with van der Waals surface area (Å²) in [6, 6.07) is 0. The van der Waals surface area contributed by atoms with Crippen LogP contribution in [-0.4, -0.2) is 16.5 Å². The van der Waals surface area contributed by atoms with E-state index in [9.17, 15) is 0 Å². The molecule has 2 rings (SSSR count). The Hall–Kier alpha value is -1.03. The average Bonchev–Trinajstić information content (AvgIpc) is 2.68. The molecule has 0 atom stereocenters. The molecule has 0 amide bonds. The summed E-state index contributed by atoms with van der Waals surface area (Å²) in [6.45, 7) is 3.19. The molecule has 1 fully saturated rings. The minimum absolute atomic E-state index is 0.314. The second kappa shape index (κ2) is 4.45. The van der Waals surface area contributed by atoms with E-state index in [4.69, 9.17) is 17.3 Å². The number of hydrogen-bond acceptors (Lipinski definition) is 4. The Morgan fingerprint density at radius 2 is 2.12 bits per heavy atom. The molecule has 3 N–H and O–H groups in total. The van der Waals surface area contributed by atoms with Gasteiger partial charge in [-0.3, -0.25) is 0 Å². The van der Waals surface area contributed by atoms with E-state index in [2.05, 4.69) is 22.2 Å². The van der Waals surface area contributed by atoms with Crippen molar-refractivity contribution >= 4 is 23.1 Å². The van der Waals surface area contributed by atoms with Gasteiger partial charge < -0.3 is 11.1 Å². The van der Waals surface area contributed by atoms with Gasteiger partial charge in [-0.2, -0.15) is 0 Å². The number of rotatable bonds is 3. The molecule has 0 spiro atoms. The van der Waals surface area contributed by atoms with E-state index in [1.807, 2.05) is 0 Å². The third kappa shape index (κ3) is 2.38. The van der Waals surface area contributed by atoms with Gasteiger partial charge >= 0.3 is 0 Å². The molecule has 1 aromatic heterocycles. The lowest BCUT2D eigenvalue weighted by Crippen LogP contribution is -2.23. The second-order valence-electron chi connectivity index (χ2n) is 4.80. The van der Waals surface area contributed by atoms with Gasteiger partial charge in [-0.1, -0.05) is 31.4 Å². The molecule has 4 nitrogen and oxygen atoms in total. The van der Waals surface area contributed by atoms with Crippen molar-refractivity contribution in [2.45, 2.75) is 32.6 Å². The van der Waals surface area contributed by atoms with Crippen molar-refractivity contribution in [1.82, 2.24) is 9.97 Å². The maximum Gasteiger partial charge on any atom is 0.157 e. The zero-order valence-electron chi connectivity index (χ0n) is 9.46. The quantitative estimate of drug-likeness (QED) is 0.798. The Kier molecular flexibility index (Phi) is 3.19. The molecule has 1 saturated carbocycles. The summed E-state index contributed by atoms with van der Waals surface area (Å²) in [5, 5.41) is 3.59. The molecule has 0 radical (unpaired) electrons. The summed E-state index contributed by atoms with van der Waals surface area (Å²) in [4.78, 5) is 7.93. The van der Waals surface area contributed by atoms with Crippen molar-refractivity contribution in [1.29, 1.82) is 0 Å². The lowest BCUT2D eigenvalue weighted by atomic mass is 9.89. The SMILES string of the molecule is CC1(CNc2ncnc(Cl)c2N)CCCC1. The van der Waals surface area contributed by atoms with Gasteiger partial charge in [0.2, 0.25) is 0 Å². The van der Waals surface area contributed by atoms with Crippen LogP contribution in [0.15, 0.2) is 6.33 Å². The van der Waals surface area contributed by atoms with Crippen LogP contribution < -0.4 is 11.1 Å². The highest BCUT2D eigenvalue weighted by Gasteiger charge is 2.28. The van der Waals surface area contributed by atoms with E-state index in [1.54, 1.807) is 0 Å². The highest BCUT2D eigenvalue weighted by molar-refractivity contribution is 6.32. The maximum absolute atomic E-state index is 5.83. The fraction of sp³-hybridized carbons (Fsp3) is 0.636. The summed E-state index contributed by atoms with van der Waals surface area (Å²) in [5.74, 6) is 0.646. The summed E-state index contributed by atoms with van der Waals surface area (Å²) in [7, 11) is 0. The molecular formula is C11H17ClN4. The van der Waals surface area contributed by atoms with Gasteiger partial charge in [0.1, 0.15) is 12.0 Å². The van der Waals surface area contributed by atoms with Gasteiger partial charge in [0, 0.05) is 6.54 Å². The van der Waals surface area contributed by atoms with Gasteiger partial charge in [0.05, 0.1) is 0 Å². The predicted octanol–water partition coefficient (Wildman–Crippen LogP) is 2.70. The van der Waals surface area contributed by atoms with Crippen LogP contribution in [0.1, 0.15) is 32.6 Å². The minimum atomic E-state index is 0.314. The van der Waals surface area contributed by atoms with E-state index in [0.717, 1.165) is 6.54 Å². The summed E-state index contributed by atoms with van der Waals surface area (Å²) >= 11 is 5.83. The first kappa shape index (κ1) is 11.5. The van der Waals surface area contributed by atoms with Crippen molar-refractivity contribution in [2.75, 3.05) is 17.6 Å². The fourth-order valence-corrected chi connectivity index (χ4v) is 2.35. The first-order chi connectivity index (χ1) is 7.61. The average molecular weight is 241 g/mol. The Morgan fingerprint density at radius 1 is 1.44 bits per heavy atom. The van der Waals surface area contributed by atoms with Gasteiger partial charge in [0.15, 0.2) is 11.0 Å². The van der Waals surface area contributed by atoms with Crippen LogP contribution in [0.5, 0.6) is 0 Å². The highest BCUT2D eigenvalue weighted by Crippen LogP contribution is 2.37. The molecule has 1 aliphatic rings. The molecule has 5 heteroatoms. The first-order valence-corrected chi connectivity index (χ1v) is 5.98. The number of nitrogen functional groups attached to an aromatic ring is 1. The van der Waals surface area contributed by atoms with Crippen molar-refractivity contribution in [3.05, 3.63) is 11.5 Å². The van der Waals surface area contributed by atoms with Crippen molar-refractivity contribution in [2.24, 2.45) is 5.41 Å². The van der Waals surface area contributed by atoms with Crippen LogP contribution in [0.25, 0.3) is 0 Å². The molecule has 0 unspecified atom stereocenters. The van der Waals surface area contributed by atoms with Gasteiger partial charge in [-0.15, -0.1) is 0 Å². The third-order valence-electron chi connectivity index (χ3n) is 3.33. The van der Waals surface area contributed by atoms with Crippen molar-refractivity contribution in [3.63, 3.8) is 0 Å². The van der Waals surface area contributed by atoms with Crippen molar-refractivity contribution < 1.29 is 0 Å². The summed E-state index contributed by atoms with van der Waals surface area (Å²) < 4.78 is 0. The lowest BCUT2D eigenvalue weighted by molar-refractivity contribution is 0.361. The molecule has 16 heavy (non-hydrogen) atoms.